The Kier molecular flexibility index (Phi) is 3.85. The van der Waals surface area contributed by atoms with E-state index in [1.165, 1.54) is 12.1 Å². The van der Waals surface area contributed by atoms with Gasteiger partial charge in [0.15, 0.2) is 0 Å². The molecule has 6 heteroatoms. The van der Waals surface area contributed by atoms with Crippen LogP contribution in [0.2, 0.25) is 0 Å². The summed E-state index contributed by atoms with van der Waals surface area (Å²) in [6.45, 7) is 0. The van der Waals surface area contributed by atoms with Crippen molar-refractivity contribution in [3.8, 4) is 0 Å². The van der Waals surface area contributed by atoms with Crippen LogP contribution < -0.4 is 0 Å². The molecule has 2 heterocycles. The number of aromatic amines is 1. The highest BCUT2D eigenvalue weighted by Crippen LogP contribution is 2.23. The zero-order valence-electron chi connectivity index (χ0n) is 13.6. The quantitative estimate of drug-likeness (QED) is 0.737. The lowest BCUT2D eigenvalue weighted by Crippen LogP contribution is -2.32. The summed E-state index contributed by atoms with van der Waals surface area (Å²) in [4.78, 5) is 44.6. The monoisotopic (exact) mass is 346 g/mol. The van der Waals surface area contributed by atoms with Crippen molar-refractivity contribution in [2.24, 2.45) is 0 Å². The van der Waals surface area contributed by atoms with Crippen LogP contribution in [0, 0.1) is 0 Å². The summed E-state index contributed by atoms with van der Waals surface area (Å²) in [6.07, 6.45) is 2.35. The molecule has 0 spiro atoms. The maximum Gasteiger partial charge on any atom is 0.379 e. The summed E-state index contributed by atoms with van der Waals surface area (Å²) in [6, 6.07) is 17.8. The number of carbonyl (C=O) groups is 3. The van der Waals surface area contributed by atoms with Crippen LogP contribution in [0.4, 0.5) is 0 Å². The van der Waals surface area contributed by atoms with E-state index in [4.69, 9.17) is 4.84 Å². The summed E-state index contributed by atoms with van der Waals surface area (Å²) in [5, 5.41) is 0.505. The van der Waals surface area contributed by atoms with E-state index in [1.807, 2.05) is 30.3 Å². The standard InChI is InChI=1S/C20H14N2O4/c23-18-15-8-4-5-9-16(15)19(24)22(18)26-20(25)17-11-14(12-21-17)10-13-6-2-1-3-7-13/h1-9,11-12,21H,10H2. The highest BCUT2D eigenvalue weighted by atomic mass is 16.7. The van der Waals surface area contributed by atoms with Gasteiger partial charge in [0.2, 0.25) is 0 Å². The Hall–Kier alpha value is -3.67. The second kappa shape index (κ2) is 6.33. The van der Waals surface area contributed by atoms with E-state index in [9.17, 15) is 14.4 Å². The van der Waals surface area contributed by atoms with Crippen LogP contribution in [-0.2, 0) is 11.3 Å². The minimum atomic E-state index is -0.793. The van der Waals surface area contributed by atoms with Gasteiger partial charge in [-0.05, 0) is 35.7 Å². The second-order valence-corrected chi connectivity index (χ2v) is 5.91. The van der Waals surface area contributed by atoms with Gasteiger partial charge in [0, 0.05) is 6.20 Å². The Balaban J connectivity index is 1.48. The largest absolute Gasteiger partial charge is 0.379 e. The van der Waals surface area contributed by atoms with Crippen LogP contribution in [-0.4, -0.2) is 27.8 Å². The number of imide groups is 1. The summed E-state index contributed by atoms with van der Waals surface area (Å²) in [5.74, 6) is -2.08. The topological polar surface area (TPSA) is 79.5 Å². The summed E-state index contributed by atoms with van der Waals surface area (Å²) >= 11 is 0. The maximum absolute atomic E-state index is 12.3. The van der Waals surface area contributed by atoms with Crippen molar-refractivity contribution in [1.29, 1.82) is 0 Å². The van der Waals surface area contributed by atoms with E-state index in [-0.39, 0.29) is 16.8 Å². The Labute approximate surface area is 149 Å². The van der Waals surface area contributed by atoms with E-state index in [1.54, 1.807) is 24.4 Å². The van der Waals surface area contributed by atoms with Crippen molar-refractivity contribution in [2.45, 2.75) is 6.42 Å². The highest BCUT2D eigenvalue weighted by Gasteiger charge is 2.38. The fraction of sp³-hybridized carbons (Fsp3) is 0.0500. The van der Waals surface area contributed by atoms with Gasteiger partial charge in [-0.25, -0.2) is 4.79 Å². The number of hydrogen-bond acceptors (Lipinski definition) is 4. The zero-order chi connectivity index (χ0) is 18.1. The number of fused-ring (bicyclic) bond motifs is 1. The molecule has 0 fully saturated rings. The van der Waals surface area contributed by atoms with Crippen LogP contribution in [0.3, 0.4) is 0 Å². The number of carbonyl (C=O) groups excluding carboxylic acids is 3. The van der Waals surface area contributed by atoms with Crippen LogP contribution in [0.5, 0.6) is 0 Å². The summed E-state index contributed by atoms with van der Waals surface area (Å²) < 4.78 is 0. The first kappa shape index (κ1) is 15.8. The third-order valence-electron chi connectivity index (χ3n) is 4.14. The van der Waals surface area contributed by atoms with E-state index in [2.05, 4.69) is 4.98 Å². The predicted molar refractivity (Wildman–Crippen MR) is 92.4 cm³/mol. The molecule has 6 nitrogen and oxygen atoms in total. The molecule has 0 saturated carbocycles. The number of nitrogens with zero attached hydrogens (tertiary/aromatic N) is 1. The first-order valence-electron chi connectivity index (χ1n) is 8.05. The fourth-order valence-electron chi connectivity index (χ4n) is 2.87. The molecular formula is C20H14N2O4. The fourth-order valence-corrected chi connectivity index (χ4v) is 2.87. The molecule has 0 saturated heterocycles. The van der Waals surface area contributed by atoms with Crippen molar-refractivity contribution in [3.05, 3.63) is 94.8 Å². The van der Waals surface area contributed by atoms with Gasteiger partial charge in [-0.3, -0.25) is 9.59 Å². The lowest BCUT2D eigenvalue weighted by Gasteiger charge is -2.11. The maximum atomic E-state index is 12.3. The molecule has 2 amide bonds. The molecule has 0 atom stereocenters. The highest BCUT2D eigenvalue weighted by molar-refractivity contribution is 6.21. The molecule has 4 rings (SSSR count). The molecule has 0 unspecified atom stereocenters. The van der Waals surface area contributed by atoms with E-state index in [0.717, 1.165) is 11.1 Å². The average Bonchev–Trinajstić information content (AvgIpc) is 3.22. The van der Waals surface area contributed by atoms with Gasteiger partial charge >= 0.3 is 5.97 Å². The Morgan fingerprint density at radius 1 is 0.885 bits per heavy atom. The number of benzene rings is 2. The molecule has 3 aromatic rings. The van der Waals surface area contributed by atoms with Crippen molar-refractivity contribution in [3.63, 3.8) is 0 Å². The van der Waals surface area contributed by atoms with Crippen molar-refractivity contribution in [2.75, 3.05) is 0 Å². The summed E-state index contributed by atoms with van der Waals surface area (Å²) in [7, 11) is 0. The van der Waals surface area contributed by atoms with Gasteiger partial charge < -0.3 is 9.82 Å². The number of amides is 2. The predicted octanol–water partition coefficient (Wildman–Crippen LogP) is 2.97. The average molecular weight is 346 g/mol. The molecular weight excluding hydrogens is 332 g/mol. The number of rotatable bonds is 4. The lowest BCUT2D eigenvalue weighted by molar-refractivity contribution is -0.0588. The third-order valence-corrected chi connectivity index (χ3v) is 4.14. The number of H-pyrrole nitrogens is 1. The molecule has 1 N–H and O–H groups in total. The van der Waals surface area contributed by atoms with Crippen LogP contribution in [0.25, 0.3) is 0 Å². The SMILES string of the molecule is O=C(ON1C(=O)c2ccccc2C1=O)c1cc(Cc2ccccc2)c[nH]1. The van der Waals surface area contributed by atoms with E-state index >= 15 is 0 Å². The van der Waals surface area contributed by atoms with Gasteiger partial charge in [-0.2, -0.15) is 0 Å². The molecule has 0 radical (unpaired) electrons. The molecule has 0 bridgehead atoms. The van der Waals surface area contributed by atoms with Crippen molar-refractivity contribution < 1.29 is 19.2 Å². The molecule has 0 aliphatic carbocycles. The minimum Gasteiger partial charge on any atom is -0.355 e. The Morgan fingerprint density at radius 2 is 1.50 bits per heavy atom. The van der Waals surface area contributed by atoms with Crippen molar-refractivity contribution >= 4 is 17.8 Å². The lowest BCUT2D eigenvalue weighted by atomic mass is 10.1. The zero-order valence-corrected chi connectivity index (χ0v) is 13.6. The number of nitrogens with one attached hydrogen (secondary N) is 1. The third kappa shape index (κ3) is 2.77. The Bertz CT molecular complexity index is 972. The minimum absolute atomic E-state index is 0.174. The van der Waals surface area contributed by atoms with Crippen molar-refractivity contribution in [1.82, 2.24) is 10.0 Å². The van der Waals surface area contributed by atoms with Gasteiger partial charge in [0.25, 0.3) is 11.8 Å². The molecule has 1 aromatic heterocycles. The van der Waals surface area contributed by atoms with Gasteiger partial charge in [-0.15, -0.1) is 0 Å². The number of aromatic nitrogens is 1. The normalized spacial score (nSPS) is 13.0. The number of hydrogen-bond donors (Lipinski definition) is 1. The second-order valence-electron chi connectivity index (χ2n) is 5.91. The molecule has 26 heavy (non-hydrogen) atoms. The van der Waals surface area contributed by atoms with Crippen LogP contribution in [0.15, 0.2) is 66.9 Å². The van der Waals surface area contributed by atoms with Gasteiger partial charge in [-0.1, -0.05) is 47.5 Å². The van der Waals surface area contributed by atoms with E-state index in [0.29, 0.717) is 11.5 Å². The molecule has 1 aliphatic heterocycles. The van der Waals surface area contributed by atoms with Crippen LogP contribution in [0.1, 0.15) is 42.3 Å². The Morgan fingerprint density at radius 3 is 2.15 bits per heavy atom. The smallest absolute Gasteiger partial charge is 0.355 e. The summed E-state index contributed by atoms with van der Waals surface area (Å²) in [5.41, 5.74) is 2.62. The van der Waals surface area contributed by atoms with Gasteiger partial charge in [0.1, 0.15) is 5.69 Å². The molecule has 128 valence electrons. The van der Waals surface area contributed by atoms with Gasteiger partial charge in [0.05, 0.1) is 11.1 Å². The van der Waals surface area contributed by atoms with E-state index < -0.39 is 17.8 Å². The first-order chi connectivity index (χ1) is 12.6. The first-order valence-corrected chi connectivity index (χ1v) is 8.05. The van der Waals surface area contributed by atoms with Crippen LogP contribution >= 0.6 is 0 Å². The molecule has 2 aromatic carbocycles. The molecule has 1 aliphatic rings. The number of hydroxylamine groups is 2.